The van der Waals surface area contributed by atoms with Crippen LogP contribution in [0.3, 0.4) is 0 Å². The average Bonchev–Trinajstić information content (AvgIpc) is 3.22. The van der Waals surface area contributed by atoms with E-state index in [4.69, 9.17) is 4.74 Å². The second-order valence-corrected chi connectivity index (χ2v) is 11.3. The Hall–Kier alpha value is -0.790. The number of esters is 1. The predicted molar refractivity (Wildman–Crippen MR) is 98.7 cm³/mol. The van der Waals surface area contributed by atoms with E-state index in [1.54, 1.807) is 0 Å². The van der Waals surface area contributed by atoms with Gasteiger partial charge in [0.1, 0.15) is 6.10 Å². The maximum Gasteiger partial charge on any atom is 0.312 e. The fraction of sp³-hybridized carbons (Fsp3) is 0.870. The molecule has 5 aliphatic carbocycles. The minimum absolute atomic E-state index is 0.137. The van der Waals surface area contributed by atoms with Crippen LogP contribution >= 0.6 is 0 Å². The van der Waals surface area contributed by atoms with Gasteiger partial charge in [-0.25, -0.2) is 0 Å². The van der Waals surface area contributed by atoms with Gasteiger partial charge < -0.3 is 4.74 Å². The van der Waals surface area contributed by atoms with Gasteiger partial charge in [-0.1, -0.05) is 32.9 Å². The summed E-state index contributed by atoms with van der Waals surface area (Å²) in [6.07, 6.45) is 12.1. The van der Waals surface area contributed by atoms with Crippen LogP contribution in [0.1, 0.15) is 66.2 Å². The molecule has 5 rings (SSSR count). The first kappa shape index (κ1) is 16.4. The van der Waals surface area contributed by atoms with E-state index in [1.165, 1.54) is 19.3 Å². The van der Waals surface area contributed by atoms with Crippen LogP contribution in [0, 0.1) is 52.3 Å². The van der Waals surface area contributed by atoms with Crippen molar-refractivity contribution in [3.63, 3.8) is 0 Å². The van der Waals surface area contributed by atoms with Crippen LogP contribution in [0.2, 0.25) is 0 Å². The van der Waals surface area contributed by atoms with Crippen molar-refractivity contribution in [1.82, 2.24) is 0 Å². The number of hydrogen-bond acceptors (Lipinski definition) is 2. The number of hydrogen-bond donors (Lipinski definition) is 0. The molecule has 0 N–H and O–H groups in total. The molecule has 5 aliphatic rings. The molecule has 0 aliphatic heterocycles. The van der Waals surface area contributed by atoms with Gasteiger partial charge >= 0.3 is 5.97 Å². The number of carbonyl (C=O) groups is 1. The van der Waals surface area contributed by atoms with E-state index >= 15 is 0 Å². The Morgan fingerprint density at radius 3 is 2.40 bits per heavy atom. The lowest BCUT2D eigenvalue weighted by atomic mass is 9.62. The Balaban J connectivity index is 1.32. The summed E-state index contributed by atoms with van der Waals surface area (Å²) in [6, 6.07) is 0. The third-order valence-corrected chi connectivity index (χ3v) is 8.74. The van der Waals surface area contributed by atoms with Crippen LogP contribution in [-0.2, 0) is 9.53 Å². The Bertz CT molecular complexity index is 620. The average molecular weight is 343 g/mol. The van der Waals surface area contributed by atoms with E-state index < -0.39 is 0 Å². The summed E-state index contributed by atoms with van der Waals surface area (Å²) >= 11 is 0. The fourth-order valence-electron chi connectivity index (χ4n) is 8.24. The minimum atomic E-state index is -0.213. The van der Waals surface area contributed by atoms with Gasteiger partial charge in [-0.2, -0.15) is 0 Å². The van der Waals surface area contributed by atoms with Crippen molar-refractivity contribution in [2.45, 2.75) is 72.3 Å². The molecular formula is C23H34O2. The van der Waals surface area contributed by atoms with Crippen LogP contribution < -0.4 is 0 Å². The van der Waals surface area contributed by atoms with Crippen LogP contribution in [-0.4, -0.2) is 12.1 Å². The highest BCUT2D eigenvalue weighted by Gasteiger charge is 2.67. The molecule has 9 atom stereocenters. The van der Waals surface area contributed by atoms with Gasteiger partial charge in [0.25, 0.3) is 0 Å². The molecule has 0 spiro atoms. The molecule has 0 heterocycles. The highest BCUT2D eigenvalue weighted by molar-refractivity contribution is 5.78. The van der Waals surface area contributed by atoms with Crippen molar-refractivity contribution in [3.8, 4) is 0 Å². The second-order valence-electron chi connectivity index (χ2n) is 11.3. The van der Waals surface area contributed by atoms with Crippen molar-refractivity contribution in [2.24, 2.45) is 52.3 Å². The normalized spacial score (nSPS) is 54.7. The van der Waals surface area contributed by atoms with Crippen molar-refractivity contribution in [2.75, 3.05) is 0 Å². The van der Waals surface area contributed by atoms with Gasteiger partial charge in [0.15, 0.2) is 0 Å². The highest BCUT2D eigenvalue weighted by atomic mass is 16.5. The Labute approximate surface area is 152 Å². The molecule has 4 saturated carbocycles. The standard InChI is InChI=1S/C23H34O2/c1-13-7-17(12-22(2,3)10-13)25-21(24)23(4)11-16-9-18(23)20-15-6-5-14(8-15)19(16)20/h5-6,13-20H,7-12H2,1-4H3. The lowest BCUT2D eigenvalue weighted by Crippen LogP contribution is -2.45. The van der Waals surface area contributed by atoms with Crippen molar-refractivity contribution in [3.05, 3.63) is 12.2 Å². The smallest absolute Gasteiger partial charge is 0.312 e. The summed E-state index contributed by atoms with van der Waals surface area (Å²) in [5.74, 6) is 5.38. The summed E-state index contributed by atoms with van der Waals surface area (Å²) in [5.41, 5.74) is 0.0909. The third kappa shape index (κ3) is 2.31. The quantitative estimate of drug-likeness (QED) is 0.390. The molecule has 4 bridgehead atoms. The largest absolute Gasteiger partial charge is 0.462 e. The monoisotopic (exact) mass is 342 g/mol. The van der Waals surface area contributed by atoms with Crippen LogP contribution in [0.5, 0.6) is 0 Å². The van der Waals surface area contributed by atoms with Crippen molar-refractivity contribution in [1.29, 1.82) is 0 Å². The lowest BCUT2D eigenvalue weighted by molar-refractivity contribution is -0.170. The predicted octanol–water partition coefficient (Wildman–Crippen LogP) is 5.23. The molecule has 25 heavy (non-hydrogen) atoms. The third-order valence-electron chi connectivity index (χ3n) is 8.74. The summed E-state index contributed by atoms with van der Waals surface area (Å²) in [5, 5.41) is 0. The molecule has 9 unspecified atom stereocenters. The molecule has 0 radical (unpaired) electrons. The lowest BCUT2D eigenvalue weighted by Gasteiger charge is -2.44. The maximum atomic E-state index is 13.3. The Kier molecular flexibility index (Phi) is 3.37. The molecule has 0 saturated heterocycles. The van der Waals surface area contributed by atoms with Gasteiger partial charge in [-0.05, 0) is 92.3 Å². The van der Waals surface area contributed by atoms with Gasteiger partial charge in [-0.3, -0.25) is 4.79 Å². The van der Waals surface area contributed by atoms with Gasteiger partial charge in [-0.15, -0.1) is 0 Å². The number of ether oxygens (including phenoxy) is 1. The molecule has 0 aromatic heterocycles. The molecule has 138 valence electrons. The molecule has 0 aromatic carbocycles. The SMILES string of the molecule is CC1CC(OC(=O)C2(C)CC3CC2C2C4C=CC(C4)C32)CC(C)(C)C1. The highest BCUT2D eigenvalue weighted by Crippen LogP contribution is 2.70. The van der Waals surface area contributed by atoms with Crippen LogP contribution in [0.25, 0.3) is 0 Å². The van der Waals surface area contributed by atoms with E-state index in [0.717, 1.165) is 48.9 Å². The topological polar surface area (TPSA) is 26.3 Å². The molecule has 0 aromatic rings. The minimum Gasteiger partial charge on any atom is -0.462 e. The Morgan fingerprint density at radius 1 is 0.960 bits per heavy atom. The molecular weight excluding hydrogens is 308 g/mol. The van der Waals surface area contributed by atoms with E-state index in [1.807, 2.05) is 0 Å². The zero-order chi connectivity index (χ0) is 17.6. The summed E-state index contributed by atoms with van der Waals surface area (Å²) in [4.78, 5) is 13.3. The van der Waals surface area contributed by atoms with Gasteiger partial charge in [0, 0.05) is 0 Å². The first-order valence-corrected chi connectivity index (χ1v) is 10.7. The number of fused-ring (bicyclic) bond motifs is 9. The molecule has 2 heteroatoms. The van der Waals surface area contributed by atoms with Crippen LogP contribution in [0.15, 0.2) is 12.2 Å². The van der Waals surface area contributed by atoms with E-state index in [9.17, 15) is 4.79 Å². The van der Waals surface area contributed by atoms with E-state index in [2.05, 4.69) is 39.8 Å². The number of rotatable bonds is 2. The van der Waals surface area contributed by atoms with E-state index in [-0.39, 0.29) is 17.5 Å². The molecule has 0 amide bonds. The first-order valence-electron chi connectivity index (χ1n) is 10.7. The zero-order valence-electron chi connectivity index (χ0n) is 16.3. The van der Waals surface area contributed by atoms with E-state index in [0.29, 0.717) is 17.3 Å². The number of carbonyl (C=O) groups excluding carboxylic acids is 1. The maximum absolute atomic E-state index is 13.3. The van der Waals surface area contributed by atoms with Crippen molar-refractivity contribution < 1.29 is 9.53 Å². The first-order chi connectivity index (χ1) is 11.8. The second kappa shape index (κ2) is 5.14. The van der Waals surface area contributed by atoms with Crippen LogP contribution in [0.4, 0.5) is 0 Å². The number of allylic oxidation sites excluding steroid dienone is 2. The summed E-state index contributed by atoms with van der Waals surface area (Å²) in [6.45, 7) is 9.21. The zero-order valence-corrected chi connectivity index (χ0v) is 16.3. The Morgan fingerprint density at radius 2 is 1.68 bits per heavy atom. The summed E-state index contributed by atoms with van der Waals surface area (Å²) in [7, 11) is 0. The fourth-order valence-corrected chi connectivity index (χ4v) is 8.24. The molecule has 2 nitrogen and oxygen atoms in total. The molecule has 4 fully saturated rings. The van der Waals surface area contributed by atoms with Gasteiger partial charge in [0.2, 0.25) is 0 Å². The van der Waals surface area contributed by atoms with Gasteiger partial charge in [0.05, 0.1) is 5.41 Å². The van der Waals surface area contributed by atoms with Crippen molar-refractivity contribution >= 4 is 5.97 Å². The summed E-state index contributed by atoms with van der Waals surface area (Å²) < 4.78 is 6.21.